The number of hydrogen-bond donors (Lipinski definition) is 1. The zero-order valence-corrected chi connectivity index (χ0v) is 12.3. The van der Waals surface area contributed by atoms with Gasteiger partial charge in [-0.05, 0) is 45.6 Å². The fourth-order valence-electron chi connectivity index (χ4n) is 1.40. The molecule has 94 valence electrons. The summed E-state index contributed by atoms with van der Waals surface area (Å²) >= 11 is 4.91. The third-order valence-corrected chi connectivity index (χ3v) is 5.74. The molecule has 0 spiro atoms. The summed E-state index contributed by atoms with van der Waals surface area (Å²) < 4.78 is 13.1. The van der Waals surface area contributed by atoms with Gasteiger partial charge in [0, 0.05) is 14.2 Å². The number of rotatable bonds is 4. The summed E-state index contributed by atoms with van der Waals surface area (Å²) in [6.45, 7) is 0. The Balaban J connectivity index is 2.21. The Morgan fingerprint density at radius 2 is 2.17 bits per heavy atom. The normalized spacial score (nSPS) is 12.3. The van der Waals surface area contributed by atoms with Crippen LogP contribution in [0, 0.1) is 0 Å². The molecule has 2 aromatic rings. The summed E-state index contributed by atoms with van der Waals surface area (Å²) in [6.07, 6.45) is 0. The molecule has 0 radical (unpaired) electrons. The molecule has 3 nitrogen and oxygen atoms in total. The van der Waals surface area contributed by atoms with Gasteiger partial charge in [-0.15, -0.1) is 11.3 Å². The van der Waals surface area contributed by atoms with E-state index in [1.54, 1.807) is 12.1 Å². The molecule has 1 aromatic heterocycles. The fourth-order valence-corrected chi connectivity index (χ4v) is 4.51. The van der Waals surface area contributed by atoms with Crippen molar-refractivity contribution < 1.29 is 14.1 Å². The van der Waals surface area contributed by atoms with Gasteiger partial charge in [0.15, 0.2) is 0 Å². The first kappa shape index (κ1) is 13.5. The molecule has 0 bridgehead atoms. The Labute approximate surface area is 119 Å². The predicted molar refractivity (Wildman–Crippen MR) is 75.5 cm³/mol. The average molecular weight is 345 g/mol. The number of carboxylic acids is 1. The first-order chi connectivity index (χ1) is 8.58. The molecule has 2 rings (SSSR count). The molecular formula is C12H9BrO3S2. The highest BCUT2D eigenvalue weighted by atomic mass is 79.9. The number of thiophene rings is 1. The van der Waals surface area contributed by atoms with Crippen molar-refractivity contribution in [2.45, 2.75) is 10.6 Å². The Morgan fingerprint density at radius 1 is 1.39 bits per heavy atom. The second-order valence-corrected chi connectivity index (χ2v) is 6.82. The van der Waals surface area contributed by atoms with E-state index in [1.807, 2.05) is 11.4 Å². The van der Waals surface area contributed by atoms with Gasteiger partial charge in [-0.1, -0.05) is 6.07 Å². The minimum atomic E-state index is -1.23. The van der Waals surface area contributed by atoms with Crippen LogP contribution in [0.3, 0.4) is 0 Å². The number of carbonyl (C=O) groups is 1. The van der Waals surface area contributed by atoms with Gasteiger partial charge < -0.3 is 5.11 Å². The van der Waals surface area contributed by atoms with Crippen molar-refractivity contribution in [2.75, 3.05) is 0 Å². The first-order valence-electron chi connectivity index (χ1n) is 5.01. The van der Waals surface area contributed by atoms with E-state index >= 15 is 0 Å². The Hall–Kier alpha value is -0.980. The fraction of sp³-hybridized carbons (Fsp3) is 0.0833. The molecule has 18 heavy (non-hydrogen) atoms. The number of carboxylic acid groups (broad SMARTS) is 1. The van der Waals surface area contributed by atoms with Gasteiger partial charge in [-0.25, -0.2) is 4.79 Å². The van der Waals surface area contributed by atoms with Crippen molar-refractivity contribution in [3.63, 3.8) is 0 Å². The topological polar surface area (TPSA) is 54.4 Å². The summed E-state index contributed by atoms with van der Waals surface area (Å²) in [6, 6.07) is 8.15. The van der Waals surface area contributed by atoms with Crippen LogP contribution >= 0.6 is 27.3 Å². The Bertz CT molecular complexity index is 607. The van der Waals surface area contributed by atoms with E-state index in [4.69, 9.17) is 5.11 Å². The average Bonchev–Trinajstić information content (AvgIpc) is 2.75. The summed E-state index contributed by atoms with van der Waals surface area (Å²) in [4.78, 5) is 12.4. The van der Waals surface area contributed by atoms with E-state index in [9.17, 15) is 9.00 Å². The third kappa shape index (κ3) is 3.07. The van der Waals surface area contributed by atoms with Crippen LogP contribution in [0.25, 0.3) is 0 Å². The standard InChI is InChI=1S/C12H9BrO3S2/c13-10-4-5-17-11(10)7-18(16)9-3-1-2-8(6-9)12(14)15/h1-6H,7H2,(H,14,15). The molecule has 1 aromatic carbocycles. The monoisotopic (exact) mass is 344 g/mol. The van der Waals surface area contributed by atoms with Crippen LogP contribution in [0.2, 0.25) is 0 Å². The van der Waals surface area contributed by atoms with Gasteiger partial charge in [0.05, 0.1) is 22.1 Å². The van der Waals surface area contributed by atoms with Crippen LogP contribution in [0.1, 0.15) is 15.2 Å². The van der Waals surface area contributed by atoms with Crippen LogP contribution in [-0.4, -0.2) is 15.3 Å². The maximum absolute atomic E-state index is 12.1. The van der Waals surface area contributed by atoms with Crippen molar-refractivity contribution in [3.05, 3.63) is 50.6 Å². The summed E-state index contributed by atoms with van der Waals surface area (Å²) in [5.74, 6) is -0.618. The van der Waals surface area contributed by atoms with Crippen LogP contribution in [0.15, 0.2) is 45.1 Å². The van der Waals surface area contributed by atoms with Gasteiger partial charge in [0.1, 0.15) is 0 Å². The van der Waals surface area contributed by atoms with E-state index in [2.05, 4.69) is 15.9 Å². The molecule has 6 heteroatoms. The molecule has 1 heterocycles. The molecule has 0 saturated heterocycles. The van der Waals surface area contributed by atoms with Crippen molar-refractivity contribution in [3.8, 4) is 0 Å². The molecule has 1 atom stereocenters. The van der Waals surface area contributed by atoms with Gasteiger partial charge in [0.25, 0.3) is 0 Å². The Kier molecular flexibility index (Phi) is 4.31. The molecule has 0 aliphatic rings. The second kappa shape index (κ2) is 5.77. The van der Waals surface area contributed by atoms with Crippen LogP contribution in [0.5, 0.6) is 0 Å². The molecule has 0 amide bonds. The highest BCUT2D eigenvalue weighted by Gasteiger charge is 2.11. The number of aromatic carboxylic acids is 1. The zero-order valence-electron chi connectivity index (χ0n) is 9.13. The Morgan fingerprint density at radius 3 is 2.78 bits per heavy atom. The van der Waals surface area contributed by atoms with Gasteiger partial charge in [0.2, 0.25) is 0 Å². The molecule has 0 aliphatic heterocycles. The predicted octanol–water partition coefficient (Wildman–Crippen LogP) is 3.52. The van der Waals surface area contributed by atoms with Crippen LogP contribution in [-0.2, 0) is 16.6 Å². The minimum absolute atomic E-state index is 0.158. The summed E-state index contributed by atoms with van der Waals surface area (Å²) in [5.41, 5.74) is 0.158. The van der Waals surface area contributed by atoms with Crippen LogP contribution < -0.4 is 0 Å². The lowest BCUT2D eigenvalue weighted by Crippen LogP contribution is -2.00. The van der Waals surface area contributed by atoms with E-state index in [-0.39, 0.29) is 5.56 Å². The molecule has 0 saturated carbocycles. The van der Waals surface area contributed by atoms with E-state index < -0.39 is 16.8 Å². The van der Waals surface area contributed by atoms with Crippen molar-refractivity contribution in [1.29, 1.82) is 0 Å². The number of halogens is 1. The zero-order chi connectivity index (χ0) is 13.1. The molecular weight excluding hydrogens is 336 g/mol. The molecule has 1 N–H and O–H groups in total. The van der Waals surface area contributed by atoms with Gasteiger partial charge >= 0.3 is 5.97 Å². The van der Waals surface area contributed by atoms with E-state index in [1.165, 1.54) is 23.5 Å². The highest BCUT2D eigenvalue weighted by molar-refractivity contribution is 9.10. The highest BCUT2D eigenvalue weighted by Crippen LogP contribution is 2.25. The maximum Gasteiger partial charge on any atom is 0.335 e. The lowest BCUT2D eigenvalue weighted by atomic mass is 10.2. The SMILES string of the molecule is O=C(O)c1cccc(S(=O)Cc2sccc2Br)c1. The molecule has 0 aliphatic carbocycles. The van der Waals surface area contributed by atoms with Crippen molar-refractivity contribution in [1.82, 2.24) is 0 Å². The van der Waals surface area contributed by atoms with Gasteiger partial charge in [-0.3, -0.25) is 4.21 Å². The summed E-state index contributed by atoms with van der Waals surface area (Å²) in [5, 5.41) is 10.8. The smallest absolute Gasteiger partial charge is 0.335 e. The van der Waals surface area contributed by atoms with Crippen molar-refractivity contribution >= 4 is 44.0 Å². The van der Waals surface area contributed by atoms with Gasteiger partial charge in [-0.2, -0.15) is 0 Å². The summed E-state index contributed by atoms with van der Waals surface area (Å²) in [7, 11) is -1.23. The van der Waals surface area contributed by atoms with E-state index in [0.29, 0.717) is 10.6 Å². The van der Waals surface area contributed by atoms with Crippen molar-refractivity contribution in [2.24, 2.45) is 0 Å². The van der Waals surface area contributed by atoms with E-state index in [0.717, 1.165) is 9.35 Å². The lowest BCUT2D eigenvalue weighted by Gasteiger charge is -2.02. The largest absolute Gasteiger partial charge is 0.478 e. The third-order valence-electron chi connectivity index (χ3n) is 2.30. The number of benzene rings is 1. The minimum Gasteiger partial charge on any atom is -0.478 e. The number of hydrogen-bond acceptors (Lipinski definition) is 3. The first-order valence-corrected chi connectivity index (χ1v) is 8.00. The molecule has 0 fully saturated rings. The maximum atomic E-state index is 12.1. The van der Waals surface area contributed by atoms with Crippen LogP contribution in [0.4, 0.5) is 0 Å². The quantitative estimate of drug-likeness (QED) is 0.923. The lowest BCUT2D eigenvalue weighted by molar-refractivity contribution is 0.0696. The second-order valence-electron chi connectivity index (χ2n) is 3.51. The molecule has 1 unspecified atom stereocenters.